The van der Waals surface area contributed by atoms with Gasteiger partial charge >= 0.3 is 0 Å². The molecule has 25 heavy (non-hydrogen) atoms. The van der Waals surface area contributed by atoms with Gasteiger partial charge < -0.3 is 4.90 Å². The van der Waals surface area contributed by atoms with Crippen molar-refractivity contribution in [2.75, 3.05) is 6.54 Å². The summed E-state index contributed by atoms with van der Waals surface area (Å²) in [5, 5.41) is 0. The van der Waals surface area contributed by atoms with E-state index in [9.17, 15) is 14.4 Å². The second kappa shape index (κ2) is 7.99. The van der Waals surface area contributed by atoms with Crippen LogP contribution in [0.1, 0.15) is 59.5 Å². The lowest BCUT2D eigenvalue weighted by Gasteiger charge is -2.30. The molecule has 1 aliphatic heterocycles. The van der Waals surface area contributed by atoms with Gasteiger partial charge in [-0.15, -0.1) is 11.3 Å². The summed E-state index contributed by atoms with van der Waals surface area (Å²) in [7, 11) is 0. The Morgan fingerprint density at radius 1 is 1.04 bits per heavy atom. The molecule has 2 aliphatic rings. The Kier molecular flexibility index (Phi) is 5.73. The topological polar surface area (TPSA) is 78.5 Å². The molecule has 1 saturated heterocycles. The fourth-order valence-corrected chi connectivity index (χ4v) is 4.47. The normalized spacial score (nSPS) is 21.2. The van der Waals surface area contributed by atoms with Crippen LogP contribution >= 0.6 is 11.3 Å². The smallest absolute Gasteiger partial charge is 0.279 e. The molecule has 2 N–H and O–H groups in total. The summed E-state index contributed by atoms with van der Waals surface area (Å²) in [4.78, 5) is 40.6. The second-order valence-electron chi connectivity index (χ2n) is 6.88. The number of nitrogens with zero attached hydrogens (tertiary/aromatic N) is 1. The monoisotopic (exact) mass is 363 g/mol. The van der Waals surface area contributed by atoms with Crippen molar-refractivity contribution in [3.05, 3.63) is 21.9 Å². The molecule has 136 valence electrons. The van der Waals surface area contributed by atoms with Crippen LogP contribution in [0.5, 0.6) is 0 Å². The molecule has 0 aromatic carbocycles. The first-order valence-electron chi connectivity index (χ1n) is 9.03. The number of hydrogen-bond acceptors (Lipinski definition) is 4. The van der Waals surface area contributed by atoms with Crippen LogP contribution in [0.15, 0.2) is 12.1 Å². The third kappa shape index (κ3) is 4.21. The van der Waals surface area contributed by atoms with Crippen LogP contribution in [-0.2, 0) is 9.59 Å². The van der Waals surface area contributed by atoms with E-state index in [2.05, 4.69) is 10.9 Å². The van der Waals surface area contributed by atoms with Gasteiger partial charge in [-0.1, -0.05) is 19.3 Å². The zero-order valence-electron chi connectivity index (χ0n) is 14.5. The van der Waals surface area contributed by atoms with Gasteiger partial charge in [-0.25, -0.2) is 0 Å². The molecule has 6 nitrogen and oxygen atoms in total. The highest BCUT2D eigenvalue weighted by molar-refractivity contribution is 7.13. The van der Waals surface area contributed by atoms with Crippen molar-refractivity contribution in [3.8, 4) is 0 Å². The number of aryl methyl sites for hydroxylation is 1. The summed E-state index contributed by atoms with van der Waals surface area (Å²) in [6.45, 7) is 2.55. The van der Waals surface area contributed by atoms with Gasteiger partial charge in [0.1, 0.15) is 6.04 Å². The quantitative estimate of drug-likeness (QED) is 0.810. The number of rotatable bonds is 3. The Morgan fingerprint density at radius 2 is 1.80 bits per heavy atom. The molecule has 7 heteroatoms. The second-order valence-corrected chi connectivity index (χ2v) is 8.17. The summed E-state index contributed by atoms with van der Waals surface area (Å²) in [6, 6.07) is 3.12. The Balaban J connectivity index is 1.55. The average Bonchev–Trinajstić information content (AvgIpc) is 3.28. The van der Waals surface area contributed by atoms with Crippen LogP contribution in [0.4, 0.5) is 0 Å². The number of thiophene rings is 1. The molecule has 0 radical (unpaired) electrons. The van der Waals surface area contributed by atoms with Gasteiger partial charge in [0.05, 0.1) is 4.88 Å². The first kappa shape index (κ1) is 17.9. The molecule has 0 bridgehead atoms. The van der Waals surface area contributed by atoms with Crippen molar-refractivity contribution < 1.29 is 14.4 Å². The van der Waals surface area contributed by atoms with E-state index in [-0.39, 0.29) is 23.6 Å². The van der Waals surface area contributed by atoms with Crippen molar-refractivity contribution in [1.82, 2.24) is 15.8 Å². The number of amides is 3. The summed E-state index contributed by atoms with van der Waals surface area (Å²) in [5.74, 6) is -0.457. The maximum absolute atomic E-state index is 12.7. The van der Waals surface area contributed by atoms with Gasteiger partial charge in [0.15, 0.2) is 0 Å². The molecular weight excluding hydrogens is 338 g/mol. The Labute approximate surface area is 151 Å². The van der Waals surface area contributed by atoms with E-state index in [0.29, 0.717) is 17.8 Å². The van der Waals surface area contributed by atoms with E-state index in [1.165, 1.54) is 17.8 Å². The van der Waals surface area contributed by atoms with Gasteiger partial charge in [0, 0.05) is 17.3 Å². The molecule has 3 rings (SSSR count). The molecule has 0 spiro atoms. The highest BCUT2D eigenvalue weighted by Gasteiger charge is 2.37. The van der Waals surface area contributed by atoms with Gasteiger partial charge in [0.2, 0.25) is 5.91 Å². The minimum absolute atomic E-state index is 0.0610. The maximum Gasteiger partial charge on any atom is 0.279 e. The van der Waals surface area contributed by atoms with Crippen LogP contribution in [0, 0.1) is 12.8 Å². The van der Waals surface area contributed by atoms with E-state index in [4.69, 9.17) is 0 Å². The van der Waals surface area contributed by atoms with E-state index < -0.39 is 6.04 Å². The standard InChI is InChI=1S/C18H25N3O3S/c1-12-9-10-15(25-12)17(23)20-19-16(22)14-8-5-11-21(14)18(24)13-6-3-2-4-7-13/h9-10,13-14H,2-8,11H2,1H3,(H,19,22)(H,20,23). The minimum Gasteiger partial charge on any atom is -0.330 e. The molecule has 3 amide bonds. The van der Waals surface area contributed by atoms with Crippen molar-refractivity contribution in [1.29, 1.82) is 0 Å². The molecule has 2 fully saturated rings. The van der Waals surface area contributed by atoms with Crippen molar-refractivity contribution in [2.24, 2.45) is 5.92 Å². The van der Waals surface area contributed by atoms with E-state index >= 15 is 0 Å². The number of nitrogens with one attached hydrogen (secondary N) is 2. The Bertz CT molecular complexity index is 652. The SMILES string of the molecule is Cc1ccc(C(=O)NNC(=O)C2CCCN2C(=O)C2CCCCC2)s1. The number of likely N-dealkylation sites (tertiary alicyclic amines) is 1. The Hall–Kier alpha value is -1.89. The van der Waals surface area contributed by atoms with E-state index in [0.717, 1.165) is 37.0 Å². The molecule has 2 heterocycles. The molecule has 1 unspecified atom stereocenters. The summed E-state index contributed by atoms with van der Waals surface area (Å²) >= 11 is 1.38. The fourth-order valence-electron chi connectivity index (χ4n) is 3.71. The van der Waals surface area contributed by atoms with Crippen molar-refractivity contribution in [3.63, 3.8) is 0 Å². The number of hydrazine groups is 1. The van der Waals surface area contributed by atoms with Gasteiger partial charge in [0.25, 0.3) is 11.8 Å². The molecule has 1 aromatic heterocycles. The van der Waals surface area contributed by atoms with E-state index in [1.807, 2.05) is 13.0 Å². The molecule has 1 aliphatic carbocycles. The molecule has 1 aromatic rings. The maximum atomic E-state index is 12.7. The lowest BCUT2D eigenvalue weighted by molar-refractivity contribution is -0.142. The van der Waals surface area contributed by atoms with Gasteiger partial charge in [-0.05, 0) is 44.7 Å². The average molecular weight is 363 g/mol. The fraction of sp³-hybridized carbons (Fsp3) is 0.611. The number of carbonyl (C=O) groups excluding carboxylic acids is 3. The molecule has 1 atom stereocenters. The first-order valence-corrected chi connectivity index (χ1v) is 9.85. The lowest BCUT2D eigenvalue weighted by atomic mass is 9.88. The van der Waals surface area contributed by atoms with E-state index in [1.54, 1.807) is 11.0 Å². The van der Waals surface area contributed by atoms with Gasteiger partial charge in [-0.2, -0.15) is 0 Å². The summed E-state index contributed by atoms with van der Waals surface area (Å²) < 4.78 is 0. The summed E-state index contributed by atoms with van der Waals surface area (Å²) in [5.41, 5.74) is 4.96. The largest absolute Gasteiger partial charge is 0.330 e. The third-order valence-electron chi connectivity index (χ3n) is 5.06. The zero-order valence-corrected chi connectivity index (χ0v) is 15.4. The van der Waals surface area contributed by atoms with Crippen LogP contribution in [0.3, 0.4) is 0 Å². The number of carbonyl (C=O) groups is 3. The number of hydrogen-bond donors (Lipinski definition) is 2. The first-order chi connectivity index (χ1) is 12.1. The van der Waals surface area contributed by atoms with Crippen molar-refractivity contribution >= 4 is 29.1 Å². The van der Waals surface area contributed by atoms with Gasteiger partial charge in [-0.3, -0.25) is 25.2 Å². The zero-order chi connectivity index (χ0) is 17.8. The molecule has 1 saturated carbocycles. The predicted octanol–water partition coefficient (Wildman–Crippen LogP) is 2.39. The van der Waals surface area contributed by atoms with Crippen LogP contribution in [0.25, 0.3) is 0 Å². The van der Waals surface area contributed by atoms with Crippen LogP contribution in [0.2, 0.25) is 0 Å². The Morgan fingerprint density at radius 3 is 2.48 bits per heavy atom. The minimum atomic E-state index is -0.472. The lowest BCUT2D eigenvalue weighted by Crippen LogP contribution is -2.52. The highest BCUT2D eigenvalue weighted by Crippen LogP contribution is 2.28. The highest BCUT2D eigenvalue weighted by atomic mass is 32.1. The van der Waals surface area contributed by atoms with Crippen LogP contribution in [-0.4, -0.2) is 35.2 Å². The third-order valence-corrected chi connectivity index (χ3v) is 6.06. The van der Waals surface area contributed by atoms with Crippen molar-refractivity contribution in [2.45, 2.75) is 57.9 Å². The predicted molar refractivity (Wildman–Crippen MR) is 96.0 cm³/mol. The molecular formula is C18H25N3O3S. The van der Waals surface area contributed by atoms with Crippen LogP contribution < -0.4 is 10.9 Å². The summed E-state index contributed by atoms with van der Waals surface area (Å²) in [6.07, 6.45) is 6.72.